The lowest BCUT2D eigenvalue weighted by Crippen LogP contribution is -2.23. The van der Waals surface area contributed by atoms with Crippen molar-refractivity contribution in [3.63, 3.8) is 0 Å². The summed E-state index contributed by atoms with van der Waals surface area (Å²) in [6, 6.07) is 6.52. The highest BCUT2D eigenvalue weighted by Gasteiger charge is 2.08. The number of nitrogens with one attached hydrogen (secondary N) is 1. The summed E-state index contributed by atoms with van der Waals surface area (Å²) in [6.45, 7) is 6.37. The first-order chi connectivity index (χ1) is 9.54. The van der Waals surface area contributed by atoms with Crippen LogP contribution in [0.2, 0.25) is 0 Å². The van der Waals surface area contributed by atoms with Crippen LogP contribution in [0.25, 0.3) is 6.08 Å². The molecular formula is C16H23F2NO. The second kappa shape index (κ2) is 8.82. The molecule has 1 N–H and O–H groups in total. The third-order valence-electron chi connectivity index (χ3n) is 3.07. The Labute approximate surface area is 119 Å². The van der Waals surface area contributed by atoms with E-state index in [1.54, 1.807) is 19.2 Å². The molecule has 4 heteroatoms. The molecule has 0 amide bonds. The van der Waals surface area contributed by atoms with Crippen LogP contribution in [0.15, 0.2) is 29.8 Å². The number of benzene rings is 1. The van der Waals surface area contributed by atoms with Crippen LogP contribution in [0.4, 0.5) is 8.78 Å². The molecule has 20 heavy (non-hydrogen) atoms. The first-order valence-electron chi connectivity index (χ1n) is 6.82. The maximum atomic E-state index is 12.7. The minimum atomic E-state index is -2.43. The molecular weight excluding hydrogens is 260 g/mol. The smallest absolute Gasteiger partial charge is 0.263 e. The molecule has 0 saturated carbocycles. The Hall–Kier alpha value is -1.26. The van der Waals surface area contributed by atoms with Gasteiger partial charge in [0.15, 0.2) is 0 Å². The Bertz CT molecular complexity index is 430. The van der Waals surface area contributed by atoms with Crippen molar-refractivity contribution in [3.05, 3.63) is 41.0 Å². The van der Waals surface area contributed by atoms with Crippen molar-refractivity contribution in [1.29, 1.82) is 0 Å². The number of rotatable bonds is 8. The summed E-state index contributed by atoms with van der Waals surface area (Å²) in [7, 11) is 1.66. The molecule has 0 aromatic heterocycles. The van der Waals surface area contributed by atoms with E-state index in [1.165, 1.54) is 11.6 Å². The van der Waals surface area contributed by atoms with Gasteiger partial charge in [0.05, 0.1) is 6.61 Å². The van der Waals surface area contributed by atoms with E-state index >= 15 is 0 Å². The summed E-state index contributed by atoms with van der Waals surface area (Å²) in [4.78, 5) is 0. The fraction of sp³-hybridized carbons (Fsp3) is 0.500. The van der Waals surface area contributed by atoms with E-state index in [0.29, 0.717) is 12.5 Å². The van der Waals surface area contributed by atoms with Gasteiger partial charge in [-0.05, 0) is 17.5 Å². The van der Waals surface area contributed by atoms with Gasteiger partial charge < -0.3 is 10.1 Å². The zero-order valence-corrected chi connectivity index (χ0v) is 12.3. The molecule has 0 saturated heterocycles. The molecule has 0 bridgehead atoms. The number of hydrogen-bond acceptors (Lipinski definition) is 2. The summed E-state index contributed by atoms with van der Waals surface area (Å²) in [5.41, 5.74) is 2.07. The van der Waals surface area contributed by atoms with Crippen molar-refractivity contribution in [2.75, 3.05) is 26.8 Å². The molecule has 0 aliphatic rings. The van der Waals surface area contributed by atoms with Gasteiger partial charge in [0.25, 0.3) is 6.43 Å². The highest BCUT2D eigenvalue weighted by molar-refractivity contribution is 5.54. The van der Waals surface area contributed by atoms with Gasteiger partial charge in [-0.25, -0.2) is 8.78 Å². The van der Waals surface area contributed by atoms with Crippen molar-refractivity contribution in [1.82, 2.24) is 5.32 Å². The minimum absolute atomic E-state index is 0.0641. The predicted octanol–water partition coefficient (Wildman–Crippen LogP) is 3.90. The van der Waals surface area contributed by atoms with Gasteiger partial charge in [-0.2, -0.15) is 0 Å². The SMILES string of the molecule is COCCNC/C(=C/c1cccc(C(F)F)c1)C(C)C. The van der Waals surface area contributed by atoms with Gasteiger partial charge in [-0.15, -0.1) is 0 Å². The molecule has 2 nitrogen and oxygen atoms in total. The Morgan fingerprint density at radius 2 is 2.10 bits per heavy atom. The van der Waals surface area contributed by atoms with Crippen molar-refractivity contribution in [2.24, 2.45) is 5.92 Å². The van der Waals surface area contributed by atoms with Crippen LogP contribution in [0.1, 0.15) is 31.4 Å². The van der Waals surface area contributed by atoms with Crippen molar-refractivity contribution < 1.29 is 13.5 Å². The van der Waals surface area contributed by atoms with Crippen LogP contribution in [-0.4, -0.2) is 26.8 Å². The molecule has 0 spiro atoms. The summed E-state index contributed by atoms with van der Waals surface area (Å²) < 4.78 is 30.3. The molecule has 0 aliphatic carbocycles. The monoisotopic (exact) mass is 283 g/mol. The zero-order valence-electron chi connectivity index (χ0n) is 12.3. The average molecular weight is 283 g/mol. The van der Waals surface area contributed by atoms with Crippen LogP contribution in [-0.2, 0) is 4.74 Å². The van der Waals surface area contributed by atoms with Gasteiger partial charge in [0.2, 0.25) is 0 Å². The van der Waals surface area contributed by atoms with E-state index in [0.717, 1.165) is 18.7 Å². The normalized spacial score (nSPS) is 12.4. The largest absolute Gasteiger partial charge is 0.383 e. The van der Waals surface area contributed by atoms with Crippen LogP contribution >= 0.6 is 0 Å². The van der Waals surface area contributed by atoms with E-state index in [9.17, 15) is 8.78 Å². The topological polar surface area (TPSA) is 21.3 Å². The second-order valence-electron chi connectivity index (χ2n) is 5.01. The number of hydrogen-bond donors (Lipinski definition) is 1. The molecule has 0 atom stereocenters. The molecule has 1 rings (SSSR count). The van der Waals surface area contributed by atoms with E-state index in [2.05, 4.69) is 19.2 Å². The highest BCUT2D eigenvalue weighted by atomic mass is 19.3. The van der Waals surface area contributed by atoms with E-state index in [1.807, 2.05) is 12.1 Å². The fourth-order valence-corrected chi connectivity index (χ4v) is 1.83. The molecule has 0 fully saturated rings. The third-order valence-corrected chi connectivity index (χ3v) is 3.07. The number of methoxy groups -OCH3 is 1. The quantitative estimate of drug-likeness (QED) is 0.731. The van der Waals surface area contributed by atoms with E-state index in [4.69, 9.17) is 4.74 Å². The fourth-order valence-electron chi connectivity index (χ4n) is 1.83. The molecule has 1 aromatic carbocycles. The van der Waals surface area contributed by atoms with Crippen LogP contribution < -0.4 is 5.32 Å². The second-order valence-corrected chi connectivity index (χ2v) is 5.01. The van der Waals surface area contributed by atoms with E-state index < -0.39 is 6.43 Å². The van der Waals surface area contributed by atoms with Crippen molar-refractivity contribution >= 4 is 6.08 Å². The van der Waals surface area contributed by atoms with Gasteiger partial charge in [-0.1, -0.05) is 43.7 Å². The number of halogens is 2. The number of ether oxygens (including phenoxy) is 1. The Balaban J connectivity index is 2.77. The molecule has 112 valence electrons. The Kier molecular flexibility index (Phi) is 7.41. The summed E-state index contributed by atoms with van der Waals surface area (Å²) in [6.07, 6.45) is -0.443. The maximum absolute atomic E-state index is 12.7. The molecule has 0 aliphatic heterocycles. The number of alkyl halides is 2. The predicted molar refractivity (Wildman–Crippen MR) is 79.0 cm³/mol. The summed E-state index contributed by atoms with van der Waals surface area (Å²) in [5.74, 6) is 0.361. The summed E-state index contributed by atoms with van der Waals surface area (Å²) in [5, 5.41) is 3.28. The van der Waals surface area contributed by atoms with E-state index in [-0.39, 0.29) is 5.56 Å². The Morgan fingerprint density at radius 1 is 1.35 bits per heavy atom. The standard InChI is InChI=1S/C16H23F2NO/c1-12(2)15(11-19-7-8-20-3)10-13-5-4-6-14(9-13)16(17)18/h4-6,9-10,12,16,19H,7-8,11H2,1-3H3/b15-10-. The van der Waals surface area contributed by atoms with Gasteiger partial charge in [0.1, 0.15) is 0 Å². The van der Waals surface area contributed by atoms with Crippen molar-refractivity contribution in [2.45, 2.75) is 20.3 Å². The lowest BCUT2D eigenvalue weighted by atomic mass is 9.99. The van der Waals surface area contributed by atoms with Crippen LogP contribution in [0, 0.1) is 5.92 Å². The van der Waals surface area contributed by atoms with Gasteiger partial charge in [-0.3, -0.25) is 0 Å². The molecule has 0 heterocycles. The first kappa shape index (κ1) is 16.8. The lowest BCUT2D eigenvalue weighted by molar-refractivity contribution is 0.151. The maximum Gasteiger partial charge on any atom is 0.263 e. The third kappa shape index (κ3) is 5.80. The molecule has 0 unspecified atom stereocenters. The minimum Gasteiger partial charge on any atom is -0.383 e. The first-order valence-corrected chi connectivity index (χ1v) is 6.82. The Morgan fingerprint density at radius 3 is 2.70 bits per heavy atom. The highest BCUT2D eigenvalue weighted by Crippen LogP contribution is 2.21. The molecule has 1 aromatic rings. The molecule has 0 radical (unpaired) electrons. The summed E-state index contributed by atoms with van der Waals surface area (Å²) >= 11 is 0. The van der Waals surface area contributed by atoms with Crippen LogP contribution in [0.3, 0.4) is 0 Å². The van der Waals surface area contributed by atoms with Gasteiger partial charge >= 0.3 is 0 Å². The average Bonchev–Trinajstić information content (AvgIpc) is 2.42. The van der Waals surface area contributed by atoms with Crippen LogP contribution in [0.5, 0.6) is 0 Å². The van der Waals surface area contributed by atoms with Gasteiger partial charge in [0, 0.05) is 25.8 Å². The zero-order chi connectivity index (χ0) is 15.0. The van der Waals surface area contributed by atoms with Crippen molar-refractivity contribution in [3.8, 4) is 0 Å². The lowest BCUT2D eigenvalue weighted by Gasteiger charge is -2.13.